The van der Waals surface area contributed by atoms with Crippen molar-refractivity contribution in [2.45, 2.75) is 38.6 Å². The van der Waals surface area contributed by atoms with E-state index < -0.39 is 11.4 Å². The van der Waals surface area contributed by atoms with Crippen molar-refractivity contribution in [1.82, 2.24) is 9.47 Å². The molecule has 2 aliphatic rings. The molecule has 1 aromatic heterocycles. The van der Waals surface area contributed by atoms with Crippen molar-refractivity contribution in [3.63, 3.8) is 0 Å². The molecule has 1 fully saturated rings. The Labute approximate surface area is 204 Å². The second kappa shape index (κ2) is 9.80. The number of carboxylic acid groups (broad SMARTS) is 1. The van der Waals surface area contributed by atoms with Crippen LogP contribution in [-0.4, -0.2) is 53.3 Å². The highest BCUT2D eigenvalue weighted by Gasteiger charge is 2.27. The Balaban J connectivity index is 1.29. The average molecular weight is 480 g/mol. The molecule has 0 bridgehead atoms. The maximum absolute atomic E-state index is 12.9. The number of pyridine rings is 1. The number of unbranched alkanes of at least 4 members (excludes halogenated alkanes) is 1. The third-order valence-electron chi connectivity index (χ3n) is 7.18. The minimum absolute atomic E-state index is 0.212. The maximum Gasteiger partial charge on any atom is 0.341 e. The Kier molecular flexibility index (Phi) is 6.61. The molecule has 34 heavy (non-hydrogen) atoms. The number of piperazine rings is 1. The lowest BCUT2D eigenvalue weighted by Gasteiger charge is -2.38. The van der Waals surface area contributed by atoms with Crippen LogP contribution in [0.2, 0.25) is 5.02 Å². The topological polar surface area (TPSA) is 65.8 Å². The van der Waals surface area contributed by atoms with Crippen LogP contribution in [0, 0.1) is 0 Å². The van der Waals surface area contributed by atoms with Crippen molar-refractivity contribution in [2.24, 2.45) is 0 Å². The first-order valence-corrected chi connectivity index (χ1v) is 12.5. The fraction of sp³-hybridized carbons (Fsp3) is 0.407. The van der Waals surface area contributed by atoms with E-state index in [-0.39, 0.29) is 5.56 Å². The number of aromatic carboxylic acids is 1. The molecule has 3 aromatic rings. The summed E-state index contributed by atoms with van der Waals surface area (Å²) in [4.78, 5) is 29.4. The van der Waals surface area contributed by atoms with Gasteiger partial charge >= 0.3 is 5.97 Å². The zero-order chi connectivity index (χ0) is 23.7. The van der Waals surface area contributed by atoms with Crippen LogP contribution in [0.15, 0.2) is 47.4 Å². The van der Waals surface area contributed by atoms with Gasteiger partial charge in [-0.15, -0.1) is 0 Å². The summed E-state index contributed by atoms with van der Waals surface area (Å²) in [6.45, 7) is 5.66. The molecule has 0 unspecified atom stereocenters. The fourth-order valence-electron chi connectivity index (χ4n) is 5.42. The standard InChI is InChI=1S/C27H30ClN3O3/c28-22-17-23(20-10-6-12-31-18-21(27(33)34)26(32)24(22)25(20)31)30-15-13-29(14-16-30)11-5-4-9-19-7-2-1-3-8-19/h1-3,7-8,17-18H,4-6,9-16H2,(H,33,34). The Morgan fingerprint density at radius 1 is 1.03 bits per heavy atom. The average Bonchev–Trinajstić information content (AvgIpc) is 2.85. The summed E-state index contributed by atoms with van der Waals surface area (Å²) < 4.78 is 1.91. The molecule has 0 saturated carbocycles. The van der Waals surface area contributed by atoms with Crippen LogP contribution in [0.4, 0.5) is 5.69 Å². The van der Waals surface area contributed by atoms with Crippen molar-refractivity contribution >= 4 is 34.2 Å². The predicted molar refractivity (Wildman–Crippen MR) is 137 cm³/mol. The van der Waals surface area contributed by atoms with Crippen LogP contribution >= 0.6 is 11.6 Å². The highest BCUT2D eigenvalue weighted by molar-refractivity contribution is 6.36. The van der Waals surface area contributed by atoms with E-state index in [1.807, 2.05) is 10.6 Å². The zero-order valence-corrected chi connectivity index (χ0v) is 20.1. The number of rotatable bonds is 7. The second-order valence-corrected chi connectivity index (χ2v) is 9.73. The number of anilines is 1. The normalized spacial score (nSPS) is 16.2. The van der Waals surface area contributed by atoms with Gasteiger partial charge in [-0.2, -0.15) is 0 Å². The van der Waals surface area contributed by atoms with E-state index in [9.17, 15) is 14.7 Å². The van der Waals surface area contributed by atoms with Crippen LogP contribution in [0.5, 0.6) is 0 Å². The van der Waals surface area contributed by atoms with Crippen LogP contribution in [0.1, 0.15) is 40.7 Å². The molecule has 0 aliphatic carbocycles. The van der Waals surface area contributed by atoms with E-state index in [1.165, 1.54) is 24.6 Å². The molecule has 7 heteroatoms. The van der Waals surface area contributed by atoms with E-state index in [0.717, 1.165) is 68.8 Å². The van der Waals surface area contributed by atoms with Gasteiger partial charge < -0.3 is 14.6 Å². The molecule has 5 rings (SSSR count). The molecule has 1 saturated heterocycles. The van der Waals surface area contributed by atoms with Gasteiger partial charge in [0, 0.05) is 50.2 Å². The summed E-state index contributed by atoms with van der Waals surface area (Å²) in [6.07, 6.45) is 6.80. The van der Waals surface area contributed by atoms with Gasteiger partial charge in [0.2, 0.25) is 5.43 Å². The lowest BCUT2D eigenvalue weighted by Crippen LogP contribution is -2.47. The summed E-state index contributed by atoms with van der Waals surface area (Å²) >= 11 is 6.61. The first kappa shape index (κ1) is 22.9. The molecule has 3 heterocycles. The number of carboxylic acids is 1. The lowest BCUT2D eigenvalue weighted by molar-refractivity contribution is 0.0694. The first-order chi connectivity index (χ1) is 16.5. The molecular formula is C27H30ClN3O3. The smallest absolute Gasteiger partial charge is 0.341 e. The number of nitrogens with zero attached hydrogens (tertiary/aromatic N) is 3. The number of aromatic nitrogens is 1. The van der Waals surface area contributed by atoms with Crippen LogP contribution in [-0.2, 0) is 19.4 Å². The Bertz CT molecular complexity index is 1260. The highest BCUT2D eigenvalue weighted by atomic mass is 35.5. The number of benzene rings is 2. The third kappa shape index (κ3) is 4.44. The van der Waals surface area contributed by atoms with Crippen molar-refractivity contribution in [1.29, 1.82) is 0 Å². The Morgan fingerprint density at radius 2 is 1.79 bits per heavy atom. The summed E-state index contributed by atoms with van der Waals surface area (Å²) in [5, 5.41) is 10.2. The van der Waals surface area contributed by atoms with Gasteiger partial charge in [0.15, 0.2) is 0 Å². The molecule has 0 radical (unpaired) electrons. The molecule has 1 N–H and O–H groups in total. The van der Waals surface area contributed by atoms with Crippen molar-refractivity contribution in [2.75, 3.05) is 37.6 Å². The molecule has 0 spiro atoms. The van der Waals surface area contributed by atoms with Gasteiger partial charge in [-0.05, 0) is 50.3 Å². The summed E-state index contributed by atoms with van der Waals surface area (Å²) in [5.74, 6) is -1.21. The van der Waals surface area contributed by atoms with E-state index in [1.54, 1.807) is 0 Å². The quantitative estimate of drug-likeness (QED) is 0.507. The summed E-state index contributed by atoms with van der Waals surface area (Å²) in [7, 11) is 0. The van der Waals surface area contributed by atoms with Gasteiger partial charge in [-0.1, -0.05) is 41.9 Å². The second-order valence-electron chi connectivity index (χ2n) is 9.33. The van der Waals surface area contributed by atoms with E-state index >= 15 is 0 Å². The molecule has 178 valence electrons. The highest BCUT2D eigenvalue weighted by Crippen LogP contribution is 2.37. The third-order valence-corrected chi connectivity index (χ3v) is 7.48. The van der Waals surface area contributed by atoms with Crippen molar-refractivity contribution in [3.05, 3.63) is 74.5 Å². The predicted octanol–water partition coefficient (Wildman–Crippen LogP) is 4.44. The SMILES string of the molecule is O=C(O)c1cn2c3c(c(N4CCN(CCCCc5ccccc5)CC4)cc(Cl)c3c1=O)CCC2. The van der Waals surface area contributed by atoms with E-state index in [4.69, 9.17) is 11.6 Å². The number of hydrogen-bond acceptors (Lipinski definition) is 4. The monoisotopic (exact) mass is 479 g/mol. The van der Waals surface area contributed by atoms with Gasteiger partial charge in [0.1, 0.15) is 5.56 Å². The lowest BCUT2D eigenvalue weighted by atomic mass is 9.96. The van der Waals surface area contributed by atoms with Crippen molar-refractivity contribution < 1.29 is 9.90 Å². The molecular weight excluding hydrogens is 450 g/mol. The summed E-state index contributed by atoms with van der Waals surface area (Å²) in [5.41, 5.74) is 3.73. The van der Waals surface area contributed by atoms with Gasteiger partial charge in [0.05, 0.1) is 15.9 Å². The number of hydrogen-bond donors (Lipinski definition) is 1. The van der Waals surface area contributed by atoms with Gasteiger partial charge in [-0.25, -0.2) is 4.79 Å². The number of halogens is 1. The molecule has 6 nitrogen and oxygen atoms in total. The molecule has 2 aromatic carbocycles. The van der Waals surface area contributed by atoms with Crippen LogP contribution in [0.25, 0.3) is 10.9 Å². The minimum atomic E-state index is -1.21. The molecule has 0 amide bonds. The summed E-state index contributed by atoms with van der Waals surface area (Å²) in [6, 6.07) is 12.5. The Hall–Kier alpha value is -2.83. The van der Waals surface area contributed by atoms with E-state index in [0.29, 0.717) is 17.0 Å². The number of carbonyl (C=O) groups is 1. The zero-order valence-electron chi connectivity index (χ0n) is 19.3. The fourth-order valence-corrected chi connectivity index (χ4v) is 5.70. The number of aryl methyl sites for hydroxylation is 3. The largest absolute Gasteiger partial charge is 0.477 e. The Morgan fingerprint density at radius 3 is 2.53 bits per heavy atom. The van der Waals surface area contributed by atoms with Crippen LogP contribution < -0.4 is 10.3 Å². The van der Waals surface area contributed by atoms with Crippen LogP contribution in [0.3, 0.4) is 0 Å². The minimum Gasteiger partial charge on any atom is -0.477 e. The van der Waals surface area contributed by atoms with Crippen molar-refractivity contribution in [3.8, 4) is 0 Å². The first-order valence-electron chi connectivity index (χ1n) is 12.2. The van der Waals surface area contributed by atoms with Gasteiger partial charge in [-0.3, -0.25) is 9.69 Å². The molecule has 2 aliphatic heterocycles. The van der Waals surface area contributed by atoms with Gasteiger partial charge in [0.25, 0.3) is 0 Å². The molecule has 0 atom stereocenters. The maximum atomic E-state index is 12.9. The van der Waals surface area contributed by atoms with E-state index in [2.05, 4.69) is 40.1 Å².